The Labute approximate surface area is 119 Å². The van der Waals surface area contributed by atoms with E-state index in [0.29, 0.717) is 13.1 Å². The van der Waals surface area contributed by atoms with Gasteiger partial charge in [0.05, 0.1) is 0 Å². The quantitative estimate of drug-likeness (QED) is 0.260. The van der Waals surface area contributed by atoms with E-state index < -0.39 is 18.1 Å². The summed E-state index contributed by atoms with van der Waals surface area (Å²) in [4.78, 5) is 22.5. The molecule has 2 amide bonds. The Kier molecular flexibility index (Phi) is 9.35. The molecule has 20 heavy (non-hydrogen) atoms. The molecule has 0 spiro atoms. The maximum Gasteiger partial charge on any atom is 0.343 e. The summed E-state index contributed by atoms with van der Waals surface area (Å²) >= 11 is 0. The number of nitrogens with one attached hydrogen (secondary N) is 3. The van der Waals surface area contributed by atoms with E-state index in [1.807, 2.05) is 13.8 Å². The number of hydrazine groups is 2. The first-order valence-electron chi connectivity index (χ1n) is 6.45. The first-order valence-corrected chi connectivity index (χ1v) is 6.45. The van der Waals surface area contributed by atoms with Crippen molar-refractivity contribution < 1.29 is 19.4 Å². The zero-order valence-electron chi connectivity index (χ0n) is 12.2. The molecule has 0 bridgehead atoms. The molecule has 0 radical (unpaired) electrons. The number of hydrogen-bond donors (Lipinski definition) is 4. The average molecular weight is 288 g/mol. The zero-order valence-corrected chi connectivity index (χ0v) is 12.2. The maximum absolute atomic E-state index is 11.4. The molecule has 1 unspecified atom stereocenters. The number of aliphatic hydroxyl groups is 1. The van der Waals surface area contributed by atoms with Crippen LogP contribution in [0.2, 0.25) is 0 Å². The molecular formula is C12H24N4O4. The Bertz CT molecular complexity index is 331. The van der Waals surface area contributed by atoms with Gasteiger partial charge in [-0.05, 0) is 6.92 Å². The second kappa shape index (κ2) is 10.2. The molecule has 1 atom stereocenters. The average Bonchev–Trinajstić information content (AvgIpc) is 2.41. The van der Waals surface area contributed by atoms with Gasteiger partial charge in [0, 0.05) is 25.2 Å². The number of aliphatic hydroxyl groups excluding tert-OH is 1. The molecule has 0 aliphatic carbocycles. The Morgan fingerprint density at radius 2 is 1.95 bits per heavy atom. The van der Waals surface area contributed by atoms with Gasteiger partial charge < -0.3 is 9.84 Å². The second-order valence-corrected chi connectivity index (χ2v) is 4.15. The van der Waals surface area contributed by atoms with Crippen LogP contribution in [0.4, 0.5) is 4.79 Å². The molecule has 0 aliphatic heterocycles. The van der Waals surface area contributed by atoms with Crippen molar-refractivity contribution in [1.29, 1.82) is 0 Å². The molecule has 8 heteroatoms. The van der Waals surface area contributed by atoms with Crippen molar-refractivity contribution in [2.24, 2.45) is 0 Å². The molecule has 0 saturated carbocycles. The smallest absolute Gasteiger partial charge is 0.343 e. The lowest BCUT2D eigenvalue weighted by atomic mass is 10.3. The second-order valence-electron chi connectivity index (χ2n) is 4.15. The minimum Gasteiger partial charge on any atom is -0.460 e. The number of hydrogen-bond acceptors (Lipinski definition) is 6. The minimum absolute atomic E-state index is 0.0507. The van der Waals surface area contributed by atoms with Crippen LogP contribution in [0.5, 0.6) is 0 Å². The monoisotopic (exact) mass is 288 g/mol. The maximum atomic E-state index is 11.4. The van der Waals surface area contributed by atoms with Crippen molar-refractivity contribution in [3.8, 4) is 0 Å². The number of nitrogens with zero attached hydrogens (tertiary/aromatic N) is 1. The van der Waals surface area contributed by atoms with Gasteiger partial charge in [-0.3, -0.25) is 10.9 Å². The lowest BCUT2D eigenvalue weighted by molar-refractivity contribution is -0.141. The number of amides is 2. The first-order chi connectivity index (χ1) is 9.40. The summed E-state index contributed by atoms with van der Waals surface area (Å²) in [6.45, 7) is 10.0. The summed E-state index contributed by atoms with van der Waals surface area (Å²) in [5, 5.41) is 11.2. The predicted molar refractivity (Wildman–Crippen MR) is 74.4 cm³/mol. The van der Waals surface area contributed by atoms with Crippen molar-refractivity contribution >= 4 is 12.0 Å². The standard InChI is InChI=1S/C12H24N4O4/c1-5-16(6-2)15-12(19)14-13-7-10(17)8-20-11(18)9(3)4/h10,13,17H,3,5-8H2,1-2,4H3,(H2,14,15,19). The number of rotatable bonds is 9. The van der Waals surface area contributed by atoms with E-state index in [0.717, 1.165) is 0 Å². The topological polar surface area (TPSA) is 103 Å². The van der Waals surface area contributed by atoms with Crippen LogP contribution < -0.4 is 16.3 Å². The van der Waals surface area contributed by atoms with E-state index in [1.165, 1.54) is 6.92 Å². The van der Waals surface area contributed by atoms with Gasteiger partial charge in [0.1, 0.15) is 12.7 Å². The van der Waals surface area contributed by atoms with E-state index >= 15 is 0 Å². The molecule has 8 nitrogen and oxygen atoms in total. The third kappa shape index (κ3) is 8.46. The van der Waals surface area contributed by atoms with Crippen LogP contribution in [0, 0.1) is 0 Å². The van der Waals surface area contributed by atoms with Crippen LogP contribution in [-0.4, -0.2) is 54.5 Å². The number of carbonyl (C=O) groups excluding carboxylic acids is 2. The lowest BCUT2D eigenvalue weighted by Crippen LogP contribution is -2.52. The van der Waals surface area contributed by atoms with E-state index in [9.17, 15) is 14.7 Å². The molecule has 0 aromatic rings. The van der Waals surface area contributed by atoms with Crippen LogP contribution in [-0.2, 0) is 9.53 Å². The molecule has 0 saturated heterocycles. The van der Waals surface area contributed by atoms with Gasteiger partial charge >= 0.3 is 12.0 Å². The molecule has 0 aliphatic rings. The van der Waals surface area contributed by atoms with Crippen molar-refractivity contribution in [3.63, 3.8) is 0 Å². The largest absolute Gasteiger partial charge is 0.460 e. The molecule has 116 valence electrons. The Hall–Kier alpha value is -1.64. The molecule has 4 N–H and O–H groups in total. The summed E-state index contributed by atoms with van der Waals surface area (Å²) in [5.74, 6) is -0.559. The number of ether oxygens (including phenoxy) is 1. The third-order valence-electron chi connectivity index (χ3n) is 2.32. The van der Waals surface area contributed by atoms with Crippen molar-refractivity contribution in [2.75, 3.05) is 26.2 Å². The number of urea groups is 1. The molecular weight excluding hydrogens is 264 g/mol. The SMILES string of the molecule is C=C(C)C(=O)OCC(O)CNNC(=O)NN(CC)CC. The Balaban J connectivity index is 3.75. The van der Waals surface area contributed by atoms with Gasteiger partial charge in [0.2, 0.25) is 0 Å². The highest BCUT2D eigenvalue weighted by atomic mass is 16.5. The summed E-state index contributed by atoms with van der Waals surface area (Å²) in [5.41, 5.74) is 7.77. The fraction of sp³-hybridized carbons (Fsp3) is 0.667. The van der Waals surface area contributed by atoms with E-state index in [-0.39, 0.29) is 18.7 Å². The lowest BCUT2D eigenvalue weighted by Gasteiger charge is -2.20. The van der Waals surface area contributed by atoms with Gasteiger partial charge in [-0.1, -0.05) is 20.4 Å². The molecule has 0 aromatic heterocycles. The normalized spacial score (nSPS) is 11.8. The molecule has 0 rings (SSSR count). The Morgan fingerprint density at radius 3 is 2.45 bits per heavy atom. The zero-order chi connectivity index (χ0) is 15.5. The molecule has 0 fully saturated rings. The van der Waals surface area contributed by atoms with E-state index in [1.54, 1.807) is 5.01 Å². The van der Waals surface area contributed by atoms with Gasteiger partial charge in [0.25, 0.3) is 0 Å². The third-order valence-corrected chi connectivity index (χ3v) is 2.32. The van der Waals surface area contributed by atoms with E-state index in [2.05, 4.69) is 22.9 Å². The summed E-state index contributed by atoms with van der Waals surface area (Å²) < 4.78 is 4.76. The highest BCUT2D eigenvalue weighted by Gasteiger charge is 2.10. The first kappa shape index (κ1) is 18.4. The summed E-state index contributed by atoms with van der Waals surface area (Å²) in [6.07, 6.45) is -0.924. The minimum atomic E-state index is -0.924. The van der Waals surface area contributed by atoms with Crippen LogP contribution >= 0.6 is 0 Å². The van der Waals surface area contributed by atoms with Gasteiger partial charge in [-0.25, -0.2) is 20.0 Å². The fourth-order valence-electron chi connectivity index (χ4n) is 1.16. The van der Waals surface area contributed by atoms with Crippen molar-refractivity contribution in [3.05, 3.63) is 12.2 Å². The van der Waals surface area contributed by atoms with Gasteiger partial charge in [0.15, 0.2) is 0 Å². The Morgan fingerprint density at radius 1 is 1.35 bits per heavy atom. The highest BCUT2D eigenvalue weighted by molar-refractivity contribution is 5.86. The van der Waals surface area contributed by atoms with Crippen LogP contribution in [0.3, 0.4) is 0 Å². The van der Waals surface area contributed by atoms with Gasteiger partial charge in [-0.15, -0.1) is 0 Å². The van der Waals surface area contributed by atoms with Gasteiger partial charge in [-0.2, -0.15) is 0 Å². The van der Waals surface area contributed by atoms with Crippen LogP contribution in [0.25, 0.3) is 0 Å². The van der Waals surface area contributed by atoms with Crippen molar-refractivity contribution in [2.45, 2.75) is 26.9 Å². The molecule has 0 heterocycles. The van der Waals surface area contributed by atoms with Crippen molar-refractivity contribution in [1.82, 2.24) is 21.3 Å². The number of esters is 1. The van der Waals surface area contributed by atoms with E-state index in [4.69, 9.17) is 4.74 Å². The summed E-state index contributed by atoms with van der Waals surface area (Å²) in [6, 6.07) is -0.431. The van der Waals surface area contributed by atoms with Crippen LogP contribution in [0.15, 0.2) is 12.2 Å². The number of carbonyl (C=O) groups is 2. The molecule has 0 aromatic carbocycles. The fourth-order valence-corrected chi connectivity index (χ4v) is 1.16. The van der Waals surface area contributed by atoms with Crippen LogP contribution in [0.1, 0.15) is 20.8 Å². The summed E-state index contributed by atoms with van der Waals surface area (Å²) in [7, 11) is 0. The predicted octanol–water partition coefficient (Wildman–Crippen LogP) is -0.473. The highest BCUT2D eigenvalue weighted by Crippen LogP contribution is 1.93.